The molecule has 0 bridgehead atoms. The average molecular weight is 362 g/mol. The molecule has 132 valence electrons. The summed E-state index contributed by atoms with van der Waals surface area (Å²) in [6.07, 6.45) is 0.771. The molecule has 0 radical (unpaired) electrons. The maximum Gasteiger partial charge on any atom is 0.260 e. The lowest BCUT2D eigenvalue weighted by Gasteiger charge is -2.29. The monoisotopic (exact) mass is 361 g/mol. The van der Waals surface area contributed by atoms with Crippen LogP contribution in [0.25, 0.3) is 0 Å². The van der Waals surface area contributed by atoms with E-state index in [0.29, 0.717) is 35.4 Å². The van der Waals surface area contributed by atoms with E-state index in [1.807, 2.05) is 24.3 Å². The second-order valence-corrected chi connectivity index (χ2v) is 6.17. The molecule has 0 spiro atoms. The van der Waals surface area contributed by atoms with Gasteiger partial charge in [-0.1, -0.05) is 23.7 Å². The molecule has 0 saturated carbocycles. The summed E-state index contributed by atoms with van der Waals surface area (Å²) in [5.41, 5.74) is 2.24. The average Bonchev–Trinajstić information content (AvgIpc) is 2.65. The lowest BCUT2D eigenvalue weighted by molar-refractivity contribution is -0.134. The van der Waals surface area contributed by atoms with Gasteiger partial charge >= 0.3 is 0 Å². The zero-order valence-electron chi connectivity index (χ0n) is 14.3. The smallest absolute Gasteiger partial charge is 0.260 e. The molecular weight excluding hydrogens is 342 g/mol. The minimum atomic E-state index is -0.0691. The van der Waals surface area contributed by atoms with Crippen molar-refractivity contribution in [3.8, 4) is 17.2 Å². The molecule has 3 rings (SSSR count). The molecule has 1 amide bonds. The third-order valence-corrected chi connectivity index (χ3v) is 4.57. The normalized spacial score (nSPS) is 13.2. The fourth-order valence-electron chi connectivity index (χ4n) is 2.89. The van der Waals surface area contributed by atoms with E-state index in [0.717, 1.165) is 12.0 Å². The van der Waals surface area contributed by atoms with Crippen molar-refractivity contribution in [3.05, 3.63) is 52.5 Å². The van der Waals surface area contributed by atoms with Crippen LogP contribution in [-0.4, -0.2) is 38.2 Å². The molecule has 25 heavy (non-hydrogen) atoms. The van der Waals surface area contributed by atoms with Crippen molar-refractivity contribution in [3.63, 3.8) is 0 Å². The van der Waals surface area contributed by atoms with Crippen molar-refractivity contribution in [2.24, 2.45) is 0 Å². The molecule has 2 aromatic rings. The summed E-state index contributed by atoms with van der Waals surface area (Å²) >= 11 is 6.05. The number of para-hydroxylation sites is 1. The number of fused-ring (bicyclic) bond motifs is 1. The lowest BCUT2D eigenvalue weighted by atomic mass is 9.99. The van der Waals surface area contributed by atoms with E-state index < -0.39 is 0 Å². The first-order valence-corrected chi connectivity index (χ1v) is 8.39. The minimum absolute atomic E-state index is 0.0354. The number of amides is 1. The van der Waals surface area contributed by atoms with Crippen LogP contribution in [0.4, 0.5) is 0 Å². The number of carbonyl (C=O) groups excluding carboxylic acids is 1. The number of ether oxygens (including phenoxy) is 3. The van der Waals surface area contributed by atoms with Gasteiger partial charge in [0, 0.05) is 13.1 Å². The second kappa shape index (κ2) is 7.66. The van der Waals surface area contributed by atoms with Gasteiger partial charge in [-0.05, 0) is 41.8 Å². The quantitative estimate of drug-likeness (QED) is 0.819. The largest absolute Gasteiger partial charge is 0.493 e. The van der Waals surface area contributed by atoms with E-state index in [-0.39, 0.29) is 12.5 Å². The van der Waals surface area contributed by atoms with Crippen LogP contribution in [0.1, 0.15) is 11.1 Å². The molecule has 1 aliphatic heterocycles. The molecule has 0 unspecified atom stereocenters. The summed E-state index contributed by atoms with van der Waals surface area (Å²) in [4.78, 5) is 14.3. The standard InChI is InChI=1S/C19H20ClNO4/c1-23-17-9-13-7-8-21(11-14(13)10-18(17)24-2)19(22)12-25-16-6-4-3-5-15(16)20/h3-6,9-10H,7-8,11-12H2,1-2H3. The van der Waals surface area contributed by atoms with E-state index in [2.05, 4.69) is 0 Å². The molecule has 2 aromatic carbocycles. The molecule has 0 fully saturated rings. The minimum Gasteiger partial charge on any atom is -0.493 e. The van der Waals surface area contributed by atoms with Crippen molar-refractivity contribution in [1.29, 1.82) is 0 Å². The predicted octanol–water partition coefficient (Wildman–Crippen LogP) is 3.32. The molecule has 0 saturated heterocycles. The Hall–Kier alpha value is -2.40. The van der Waals surface area contributed by atoms with E-state index >= 15 is 0 Å². The van der Waals surface area contributed by atoms with Gasteiger partial charge in [-0.2, -0.15) is 0 Å². The Bertz CT molecular complexity index is 778. The number of nitrogens with zero attached hydrogens (tertiary/aromatic N) is 1. The van der Waals surface area contributed by atoms with Crippen molar-refractivity contribution in [2.75, 3.05) is 27.4 Å². The molecule has 0 atom stereocenters. The second-order valence-electron chi connectivity index (χ2n) is 5.76. The van der Waals surface area contributed by atoms with Crippen LogP contribution in [0.3, 0.4) is 0 Å². The van der Waals surface area contributed by atoms with Gasteiger partial charge in [0.1, 0.15) is 5.75 Å². The zero-order chi connectivity index (χ0) is 17.8. The van der Waals surface area contributed by atoms with Gasteiger partial charge in [-0.3, -0.25) is 4.79 Å². The summed E-state index contributed by atoms with van der Waals surface area (Å²) in [6, 6.07) is 11.0. The molecular formula is C19H20ClNO4. The molecule has 5 nitrogen and oxygen atoms in total. The van der Waals surface area contributed by atoms with E-state index in [1.54, 1.807) is 31.3 Å². The fourth-order valence-corrected chi connectivity index (χ4v) is 3.08. The number of benzene rings is 2. The number of rotatable bonds is 5. The van der Waals surface area contributed by atoms with Gasteiger partial charge in [0.05, 0.1) is 19.2 Å². The van der Waals surface area contributed by atoms with Gasteiger partial charge in [0.2, 0.25) is 0 Å². The fraction of sp³-hybridized carbons (Fsp3) is 0.316. The Morgan fingerprint density at radius 1 is 1.08 bits per heavy atom. The Kier molecular flexibility index (Phi) is 5.34. The summed E-state index contributed by atoms with van der Waals surface area (Å²) in [7, 11) is 3.22. The van der Waals surface area contributed by atoms with Gasteiger partial charge in [0.25, 0.3) is 5.91 Å². The molecule has 6 heteroatoms. The summed E-state index contributed by atoms with van der Waals surface area (Å²) < 4.78 is 16.2. The van der Waals surface area contributed by atoms with Crippen LogP contribution >= 0.6 is 11.6 Å². The maximum absolute atomic E-state index is 12.5. The Labute approximate surface area is 152 Å². The molecule has 0 aliphatic carbocycles. The highest BCUT2D eigenvalue weighted by atomic mass is 35.5. The zero-order valence-corrected chi connectivity index (χ0v) is 15.0. The maximum atomic E-state index is 12.5. The number of carbonyl (C=O) groups is 1. The summed E-state index contributed by atoms with van der Waals surface area (Å²) in [5, 5.41) is 0.496. The number of halogens is 1. The Morgan fingerprint density at radius 3 is 2.44 bits per heavy atom. The third kappa shape index (κ3) is 3.82. The third-order valence-electron chi connectivity index (χ3n) is 4.26. The van der Waals surface area contributed by atoms with Crippen LogP contribution in [0, 0.1) is 0 Å². The highest BCUT2D eigenvalue weighted by Crippen LogP contribution is 2.33. The van der Waals surface area contributed by atoms with E-state index in [1.165, 1.54) is 5.56 Å². The lowest BCUT2D eigenvalue weighted by Crippen LogP contribution is -2.38. The van der Waals surface area contributed by atoms with E-state index in [9.17, 15) is 4.79 Å². The number of methoxy groups -OCH3 is 2. The van der Waals surface area contributed by atoms with Crippen molar-refractivity contribution >= 4 is 17.5 Å². The van der Waals surface area contributed by atoms with E-state index in [4.69, 9.17) is 25.8 Å². The van der Waals surface area contributed by atoms with Crippen LogP contribution < -0.4 is 14.2 Å². The van der Waals surface area contributed by atoms with Gasteiger partial charge < -0.3 is 19.1 Å². The molecule has 0 N–H and O–H groups in total. The highest BCUT2D eigenvalue weighted by molar-refractivity contribution is 6.32. The Balaban J connectivity index is 1.67. The van der Waals surface area contributed by atoms with Crippen molar-refractivity contribution in [1.82, 2.24) is 4.90 Å². The first-order chi connectivity index (χ1) is 12.1. The highest BCUT2D eigenvalue weighted by Gasteiger charge is 2.23. The molecule has 1 heterocycles. The van der Waals surface area contributed by atoms with Crippen LogP contribution in [-0.2, 0) is 17.8 Å². The summed E-state index contributed by atoms with van der Waals surface area (Å²) in [5.74, 6) is 1.83. The first-order valence-electron chi connectivity index (χ1n) is 8.01. The molecule has 1 aliphatic rings. The SMILES string of the molecule is COc1cc2c(cc1OC)CN(C(=O)COc1ccccc1Cl)CC2. The van der Waals surface area contributed by atoms with Crippen molar-refractivity contribution in [2.45, 2.75) is 13.0 Å². The van der Waals surface area contributed by atoms with Crippen LogP contribution in [0.5, 0.6) is 17.2 Å². The predicted molar refractivity (Wildman–Crippen MR) is 95.6 cm³/mol. The van der Waals surface area contributed by atoms with Gasteiger partial charge in [0.15, 0.2) is 18.1 Å². The molecule has 0 aromatic heterocycles. The van der Waals surface area contributed by atoms with Gasteiger partial charge in [-0.15, -0.1) is 0 Å². The first kappa shape index (κ1) is 17.4. The van der Waals surface area contributed by atoms with Gasteiger partial charge in [-0.25, -0.2) is 0 Å². The van der Waals surface area contributed by atoms with Crippen LogP contribution in [0.2, 0.25) is 5.02 Å². The van der Waals surface area contributed by atoms with Crippen LogP contribution in [0.15, 0.2) is 36.4 Å². The van der Waals surface area contributed by atoms with Crippen molar-refractivity contribution < 1.29 is 19.0 Å². The number of hydrogen-bond acceptors (Lipinski definition) is 4. The summed E-state index contributed by atoms with van der Waals surface area (Å²) in [6.45, 7) is 1.14. The number of hydrogen-bond donors (Lipinski definition) is 0. The topological polar surface area (TPSA) is 48.0 Å². The Morgan fingerprint density at radius 2 is 1.76 bits per heavy atom.